The van der Waals surface area contributed by atoms with Gasteiger partial charge in [0.05, 0.1) is 22.9 Å². The number of benzene rings is 1. The van der Waals surface area contributed by atoms with E-state index in [9.17, 15) is 9.59 Å². The van der Waals surface area contributed by atoms with Crippen molar-refractivity contribution in [3.05, 3.63) is 23.8 Å². The molecule has 1 aliphatic rings. The first-order chi connectivity index (χ1) is 9.52. The van der Waals surface area contributed by atoms with Gasteiger partial charge in [0.1, 0.15) is 0 Å². The summed E-state index contributed by atoms with van der Waals surface area (Å²) in [5.74, 6) is -1.01. The van der Waals surface area contributed by atoms with Crippen LogP contribution < -0.4 is 16.0 Å². The molecular weight excluding hydrogens is 258 g/mol. The first-order valence-electron chi connectivity index (χ1n) is 6.62. The van der Waals surface area contributed by atoms with E-state index in [0.717, 1.165) is 25.1 Å². The number of nitrogens with two attached hydrogens (primary N) is 1. The lowest BCUT2D eigenvalue weighted by Gasteiger charge is -2.34. The van der Waals surface area contributed by atoms with Crippen molar-refractivity contribution in [2.24, 2.45) is 5.92 Å². The summed E-state index contributed by atoms with van der Waals surface area (Å²) in [4.78, 5) is 24.7. The molecule has 2 rings (SSSR count). The lowest BCUT2D eigenvalue weighted by molar-refractivity contribution is -0.124. The number of carboxylic acid groups (broad SMARTS) is 1. The monoisotopic (exact) mass is 277 g/mol. The Morgan fingerprint density at radius 1 is 1.45 bits per heavy atom. The quantitative estimate of drug-likeness (QED) is 0.714. The molecule has 1 amide bonds. The number of nitrogens with one attached hydrogen (secondary N) is 1. The Hall–Kier alpha value is -2.24. The number of aromatic carboxylic acids is 1. The van der Waals surface area contributed by atoms with Crippen molar-refractivity contribution in [1.82, 2.24) is 5.32 Å². The van der Waals surface area contributed by atoms with Gasteiger partial charge in [-0.2, -0.15) is 0 Å². The fraction of sp³-hybridized carbons (Fsp3) is 0.429. The summed E-state index contributed by atoms with van der Waals surface area (Å²) in [6.07, 6.45) is 1.78. The van der Waals surface area contributed by atoms with Gasteiger partial charge in [0.25, 0.3) is 0 Å². The van der Waals surface area contributed by atoms with Crippen LogP contribution in [-0.4, -0.2) is 37.1 Å². The molecule has 6 nitrogen and oxygen atoms in total. The zero-order valence-corrected chi connectivity index (χ0v) is 11.4. The molecule has 1 aromatic carbocycles. The molecule has 0 radical (unpaired) electrons. The van der Waals surface area contributed by atoms with Crippen LogP contribution in [-0.2, 0) is 4.79 Å². The number of nitrogens with zero attached hydrogens (tertiary/aromatic N) is 1. The molecular formula is C14H19N3O3. The normalized spacial score (nSPS) is 18.6. The zero-order chi connectivity index (χ0) is 14.7. The van der Waals surface area contributed by atoms with E-state index in [1.807, 2.05) is 4.90 Å². The predicted octanol–water partition coefficient (Wildman–Crippen LogP) is 0.929. The van der Waals surface area contributed by atoms with Crippen molar-refractivity contribution in [3.8, 4) is 0 Å². The molecule has 0 aliphatic carbocycles. The molecule has 1 aromatic rings. The highest BCUT2D eigenvalue weighted by Crippen LogP contribution is 2.29. The highest BCUT2D eigenvalue weighted by molar-refractivity contribution is 5.90. The Labute approximate surface area is 117 Å². The Morgan fingerprint density at radius 3 is 2.80 bits per heavy atom. The van der Waals surface area contributed by atoms with Crippen molar-refractivity contribution < 1.29 is 14.7 Å². The second-order valence-electron chi connectivity index (χ2n) is 4.98. The highest BCUT2D eigenvalue weighted by Gasteiger charge is 2.26. The Kier molecular flexibility index (Phi) is 4.12. The Morgan fingerprint density at radius 2 is 2.20 bits per heavy atom. The van der Waals surface area contributed by atoms with E-state index in [-0.39, 0.29) is 17.4 Å². The third kappa shape index (κ3) is 2.84. The van der Waals surface area contributed by atoms with Crippen LogP contribution in [0.25, 0.3) is 0 Å². The standard InChI is InChI=1S/C14H19N3O3/c1-16-13(18)10-3-2-6-17(8-10)12-5-4-9(14(19)20)7-11(12)15/h4-5,7,10H,2-3,6,8,15H2,1H3,(H,16,18)(H,19,20). The maximum absolute atomic E-state index is 11.7. The second-order valence-corrected chi connectivity index (χ2v) is 4.98. The van der Waals surface area contributed by atoms with Crippen LogP contribution in [0.4, 0.5) is 11.4 Å². The number of amides is 1. The van der Waals surface area contributed by atoms with E-state index in [1.54, 1.807) is 13.1 Å². The van der Waals surface area contributed by atoms with E-state index < -0.39 is 5.97 Å². The summed E-state index contributed by atoms with van der Waals surface area (Å²) in [7, 11) is 1.64. The molecule has 1 fully saturated rings. The van der Waals surface area contributed by atoms with Gasteiger partial charge in [-0.25, -0.2) is 4.79 Å². The molecule has 1 aliphatic heterocycles. The first kappa shape index (κ1) is 14.2. The summed E-state index contributed by atoms with van der Waals surface area (Å²) in [5.41, 5.74) is 7.34. The van der Waals surface area contributed by atoms with Gasteiger partial charge in [-0.3, -0.25) is 4.79 Å². The molecule has 0 bridgehead atoms. The van der Waals surface area contributed by atoms with Crippen molar-refractivity contribution >= 4 is 23.3 Å². The van der Waals surface area contributed by atoms with Crippen LogP contribution in [0.15, 0.2) is 18.2 Å². The topological polar surface area (TPSA) is 95.7 Å². The highest BCUT2D eigenvalue weighted by atomic mass is 16.4. The molecule has 6 heteroatoms. The predicted molar refractivity (Wildman–Crippen MR) is 76.8 cm³/mol. The fourth-order valence-corrected chi connectivity index (χ4v) is 2.59. The number of carbonyl (C=O) groups excluding carboxylic acids is 1. The smallest absolute Gasteiger partial charge is 0.335 e. The SMILES string of the molecule is CNC(=O)C1CCCN(c2ccc(C(=O)O)cc2N)C1. The van der Waals surface area contributed by atoms with Crippen LogP contribution >= 0.6 is 0 Å². The Balaban J connectivity index is 2.19. The molecule has 108 valence electrons. The van der Waals surface area contributed by atoms with E-state index in [2.05, 4.69) is 5.32 Å². The minimum absolute atomic E-state index is 0.0374. The largest absolute Gasteiger partial charge is 0.478 e. The van der Waals surface area contributed by atoms with Crippen molar-refractivity contribution in [2.75, 3.05) is 30.8 Å². The minimum atomic E-state index is -0.995. The van der Waals surface area contributed by atoms with Crippen molar-refractivity contribution in [1.29, 1.82) is 0 Å². The first-order valence-corrected chi connectivity index (χ1v) is 6.62. The Bertz CT molecular complexity index is 530. The van der Waals surface area contributed by atoms with Gasteiger partial charge in [-0.1, -0.05) is 0 Å². The minimum Gasteiger partial charge on any atom is -0.478 e. The van der Waals surface area contributed by atoms with Gasteiger partial charge in [-0.15, -0.1) is 0 Å². The molecule has 4 N–H and O–H groups in total. The number of nitrogen functional groups attached to an aromatic ring is 1. The lowest BCUT2D eigenvalue weighted by atomic mass is 9.96. The number of hydrogen-bond acceptors (Lipinski definition) is 4. The number of carbonyl (C=O) groups is 2. The molecule has 1 atom stereocenters. The van der Waals surface area contributed by atoms with Gasteiger partial charge in [0.2, 0.25) is 5.91 Å². The van der Waals surface area contributed by atoms with Gasteiger partial charge in [0.15, 0.2) is 0 Å². The molecule has 20 heavy (non-hydrogen) atoms. The number of piperidine rings is 1. The van der Waals surface area contributed by atoms with Crippen LogP contribution in [0.3, 0.4) is 0 Å². The van der Waals surface area contributed by atoms with E-state index >= 15 is 0 Å². The van der Waals surface area contributed by atoms with Gasteiger partial charge in [0, 0.05) is 20.1 Å². The van der Waals surface area contributed by atoms with Gasteiger partial charge >= 0.3 is 5.97 Å². The summed E-state index contributed by atoms with van der Waals surface area (Å²) in [6, 6.07) is 4.71. The number of rotatable bonds is 3. The molecule has 1 saturated heterocycles. The number of anilines is 2. The fourth-order valence-electron chi connectivity index (χ4n) is 2.59. The zero-order valence-electron chi connectivity index (χ0n) is 11.4. The lowest BCUT2D eigenvalue weighted by Crippen LogP contribution is -2.42. The number of hydrogen-bond donors (Lipinski definition) is 3. The average Bonchev–Trinajstić information content (AvgIpc) is 2.46. The molecule has 1 heterocycles. The third-order valence-electron chi connectivity index (χ3n) is 3.65. The van der Waals surface area contributed by atoms with Gasteiger partial charge in [-0.05, 0) is 31.0 Å². The van der Waals surface area contributed by atoms with Crippen LogP contribution in [0, 0.1) is 5.92 Å². The maximum Gasteiger partial charge on any atom is 0.335 e. The number of carboxylic acids is 1. The summed E-state index contributed by atoms with van der Waals surface area (Å²) < 4.78 is 0. The van der Waals surface area contributed by atoms with Crippen LogP contribution in [0.1, 0.15) is 23.2 Å². The summed E-state index contributed by atoms with van der Waals surface area (Å²) in [6.45, 7) is 1.43. The van der Waals surface area contributed by atoms with E-state index in [4.69, 9.17) is 10.8 Å². The van der Waals surface area contributed by atoms with Crippen LogP contribution in [0.5, 0.6) is 0 Å². The summed E-state index contributed by atoms with van der Waals surface area (Å²) in [5, 5.41) is 11.6. The molecule has 0 spiro atoms. The second kappa shape index (κ2) is 5.81. The van der Waals surface area contributed by atoms with Crippen molar-refractivity contribution in [3.63, 3.8) is 0 Å². The van der Waals surface area contributed by atoms with Crippen molar-refractivity contribution in [2.45, 2.75) is 12.8 Å². The summed E-state index contributed by atoms with van der Waals surface area (Å²) >= 11 is 0. The maximum atomic E-state index is 11.7. The molecule has 0 saturated carbocycles. The molecule has 0 aromatic heterocycles. The van der Waals surface area contributed by atoms with E-state index in [0.29, 0.717) is 12.2 Å². The van der Waals surface area contributed by atoms with Gasteiger partial charge < -0.3 is 21.1 Å². The van der Waals surface area contributed by atoms with E-state index in [1.165, 1.54) is 12.1 Å². The van der Waals surface area contributed by atoms with Crippen LogP contribution in [0.2, 0.25) is 0 Å². The third-order valence-corrected chi connectivity index (χ3v) is 3.65. The average molecular weight is 277 g/mol. The molecule has 1 unspecified atom stereocenters.